The highest BCUT2D eigenvalue weighted by molar-refractivity contribution is 7.89. The average molecular weight is 365 g/mol. The van der Waals surface area contributed by atoms with Crippen molar-refractivity contribution >= 4 is 15.9 Å². The van der Waals surface area contributed by atoms with Crippen molar-refractivity contribution in [2.24, 2.45) is 0 Å². The van der Waals surface area contributed by atoms with E-state index in [1.807, 2.05) is 13.8 Å². The molecule has 8 nitrogen and oxygen atoms in total. The van der Waals surface area contributed by atoms with Gasteiger partial charge in [0.15, 0.2) is 5.76 Å². The van der Waals surface area contributed by atoms with Gasteiger partial charge in [-0.1, -0.05) is 6.07 Å². The summed E-state index contributed by atoms with van der Waals surface area (Å²) in [6.45, 7) is 4.38. The number of furan rings is 1. The van der Waals surface area contributed by atoms with Crippen LogP contribution in [-0.2, 0) is 21.3 Å². The molecule has 0 unspecified atom stereocenters. The average Bonchev–Trinajstić information content (AvgIpc) is 3.20. The number of ether oxygens (including phenoxy) is 1. The first kappa shape index (κ1) is 17.6. The molecule has 2 aromatic heterocycles. The number of hydrogen-bond acceptors (Lipinski definition) is 6. The highest BCUT2D eigenvalue weighted by atomic mass is 32.2. The molecule has 134 valence electrons. The normalized spacial score (nSPS) is 17.0. The van der Waals surface area contributed by atoms with E-state index in [1.165, 1.54) is 17.0 Å². The summed E-state index contributed by atoms with van der Waals surface area (Å²) in [7, 11) is -3.87. The lowest BCUT2D eigenvalue weighted by Gasteiger charge is -2.28. The lowest BCUT2D eigenvalue weighted by atomic mass is 10.1. The Morgan fingerprint density at radius 2 is 2.16 bits per heavy atom. The van der Waals surface area contributed by atoms with Crippen LogP contribution in [0.3, 0.4) is 0 Å². The maximum atomic E-state index is 12.5. The molecule has 3 heterocycles. The van der Waals surface area contributed by atoms with Crippen LogP contribution in [0.1, 0.15) is 30.0 Å². The third-order valence-corrected chi connectivity index (χ3v) is 5.17. The van der Waals surface area contributed by atoms with Gasteiger partial charge in [0.25, 0.3) is 15.9 Å². The summed E-state index contributed by atoms with van der Waals surface area (Å²) in [5, 5.41) is -0.308. The Kier molecular flexibility index (Phi) is 4.63. The van der Waals surface area contributed by atoms with Crippen LogP contribution < -0.4 is 4.72 Å². The van der Waals surface area contributed by atoms with E-state index in [9.17, 15) is 13.2 Å². The minimum Gasteiger partial charge on any atom is -0.438 e. The maximum absolute atomic E-state index is 12.5. The molecule has 0 aromatic carbocycles. The first-order valence-electron chi connectivity index (χ1n) is 7.68. The van der Waals surface area contributed by atoms with Gasteiger partial charge in [-0.15, -0.1) is 0 Å². The van der Waals surface area contributed by atoms with Gasteiger partial charge in [0.1, 0.15) is 6.73 Å². The standard InChI is InChI=1S/C16H19N3O5S/c1-16(2)10-23-11-19(16)15(20)13-5-6-14(24-13)25(21,22)18-9-12-4-3-7-17-8-12/h3-8,18H,9-11H2,1-2H3. The van der Waals surface area contributed by atoms with Gasteiger partial charge in [0, 0.05) is 18.9 Å². The second-order valence-electron chi connectivity index (χ2n) is 6.33. The lowest BCUT2D eigenvalue weighted by molar-refractivity contribution is 0.0567. The van der Waals surface area contributed by atoms with E-state index in [2.05, 4.69) is 9.71 Å². The molecule has 0 aliphatic carbocycles. The van der Waals surface area contributed by atoms with E-state index in [0.29, 0.717) is 12.2 Å². The topological polar surface area (TPSA) is 102 Å². The van der Waals surface area contributed by atoms with Crippen LogP contribution in [0.2, 0.25) is 0 Å². The Morgan fingerprint density at radius 3 is 2.80 bits per heavy atom. The van der Waals surface area contributed by atoms with E-state index in [4.69, 9.17) is 9.15 Å². The van der Waals surface area contributed by atoms with E-state index < -0.39 is 21.5 Å². The lowest BCUT2D eigenvalue weighted by Crippen LogP contribution is -2.44. The molecule has 0 saturated carbocycles. The van der Waals surface area contributed by atoms with Gasteiger partial charge >= 0.3 is 0 Å². The summed E-state index contributed by atoms with van der Waals surface area (Å²) >= 11 is 0. The Labute approximate surface area is 145 Å². The summed E-state index contributed by atoms with van der Waals surface area (Å²) < 4.78 is 37.6. The van der Waals surface area contributed by atoms with Crippen molar-refractivity contribution in [1.82, 2.24) is 14.6 Å². The molecule has 2 aromatic rings. The number of rotatable bonds is 5. The second-order valence-corrected chi connectivity index (χ2v) is 8.03. The third-order valence-electron chi connectivity index (χ3n) is 3.90. The number of sulfonamides is 1. The third kappa shape index (κ3) is 3.73. The van der Waals surface area contributed by atoms with Crippen LogP contribution in [0.15, 0.2) is 46.2 Å². The predicted molar refractivity (Wildman–Crippen MR) is 88.0 cm³/mol. The van der Waals surface area contributed by atoms with Gasteiger partial charge in [-0.05, 0) is 37.6 Å². The quantitative estimate of drug-likeness (QED) is 0.858. The summed E-state index contributed by atoms with van der Waals surface area (Å²) in [4.78, 5) is 17.9. The van der Waals surface area contributed by atoms with Gasteiger partial charge in [-0.2, -0.15) is 0 Å². The molecule has 9 heteroatoms. The molecule has 1 amide bonds. The minimum atomic E-state index is -3.87. The van der Waals surface area contributed by atoms with Crippen LogP contribution >= 0.6 is 0 Å². The number of carbonyl (C=O) groups excluding carboxylic acids is 1. The van der Waals surface area contributed by atoms with Gasteiger partial charge in [-0.25, -0.2) is 13.1 Å². The first-order valence-corrected chi connectivity index (χ1v) is 9.16. The van der Waals surface area contributed by atoms with Crippen LogP contribution in [0, 0.1) is 0 Å². The molecule has 0 bridgehead atoms. The molecule has 25 heavy (non-hydrogen) atoms. The van der Waals surface area contributed by atoms with Gasteiger partial charge in [0.2, 0.25) is 5.09 Å². The van der Waals surface area contributed by atoms with Gasteiger partial charge in [0.05, 0.1) is 12.1 Å². The van der Waals surface area contributed by atoms with Crippen molar-refractivity contribution in [2.75, 3.05) is 13.3 Å². The minimum absolute atomic E-state index is 0.0414. The SMILES string of the molecule is CC1(C)COCN1C(=O)c1ccc(S(=O)(=O)NCc2cccnc2)o1. The zero-order valence-electron chi connectivity index (χ0n) is 13.9. The molecule has 1 aliphatic heterocycles. The van der Waals surface area contributed by atoms with Crippen LogP contribution in [0.4, 0.5) is 0 Å². The Balaban J connectivity index is 1.73. The number of pyridine rings is 1. The van der Waals surface area contributed by atoms with Crippen molar-refractivity contribution in [3.8, 4) is 0 Å². The smallest absolute Gasteiger partial charge is 0.291 e. The summed E-state index contributed by atoms with van der Waals surface area (Å²) in [6.07, 6.45) is 3.17. The molecule has 0 atom stereocenters. The molecule has 1 aliphatic rings. The summed E-state index contributed by atoms with van der Waals surface area (Å²) in [6, 6.07) is 6.09. The zero-order chi connectivity index (χ0) is 18.1. The number of carbonyl (C=O) groups is 1. The molecule has 3 rings (SSSR count). The maximum Gasteiger partial charge on any atom is 0.291 e. The van der Waals surface area contributed by atoms with E-state index in [-0.39, 0.29) is 24.1 Å². The van der Waals surface area contributed by atoms with Crippen LogP contribution in [-0.4, -0.2) is 43.1 Å². The predicted octanol–water partition coefficient (Wildman–Crippen LogP) is 1.36. The van der Waals surface area contributed by atoms with Crippen LogP contribution in [0.5, 0.6) is 0 Å². The Morgan fingerprint density at radius 1 is 1.36 bits per heavy atom. The van der Waals surface area contributed by atoms with Crippen molar-refractivity contribution in [1.29, 1.82) is 0 Å². The summed E-state index contributed by atoms with van der Waals surface area (Å²) in [5.74, 6) is -0.448. The fourth-order valence-corrected chi connectivity index (χ4v) is 3.38. The highest BCUT2D eigenvalue weighted by Gasteiger charge is 2.38. The zero-order valence-corrected chi connectivity index (χ0v) is 14.7. The van der Waals surface area contributed by atoms with Gasteiger partial charge < -0.3 is 14.1 Å². The van der Waals surface area contributed by atoms with Crippen molar-refractivity contribution in [3.63, 3.8) is 0 Å². The van der Waals surface area contributed by atoms with Crippen molar-refractivity contribution in [2.45, 2.75) is 31.0 Å². The molecule has 1 N–H and O–H groups in total. The fraction of sp³-hybridized carbons (Fsp3) is 0.375. The largest absolute Gasteiger partial charge is 0.438 e. The number of nitrogens with zero attached hydrogens (tertiary/aromatic N) is 2. The Hall–Kier alpha value is -2.23. The molecular formula is C16H19N3O5S. The fourth-order valence-electron chi connectivity index (χ4n) is 2.44. The second kappa shape index (κ2) is 6.58. The summed E-state index contributed by atoms with van der Waals surface area (Å²) in [5.41, 5.74) is 0.242. The number of aromatic nitrogens is 1. The van der Waals surface area contributed by atoms with E-state index in [1.54, 1.807) is 24.5 Å². The molecule has 1 saturated heterocycles. The Bertz CT molecular complexity index is 861. The number of hydrogen-bond donors (Lipinski definition) is 1. The van der Waals surface area contributed by atoms with Crippen molar-refractivity contribution < 1.29 is 22.4 Å². The monoisotopic (exact) mass is 365 g/mol. The molecule has 1 fully saturated rings. The number of nitrogens with one attached hydrogen (secondary N) is 1. The van der Waals surface area contributed by atoms with Crippen molar-refractivity contribution in [3.05, 3.63) is 48.0 Å². The molecular weight excluding hydrogens is 346 g/mol. The number of amides is 1. The highest BCUT2D eigenvalue weighted by Crippen LogP contribution is 2.25. The molecule has 0 radical (unpaired) electrons. The van der Waals surface area contributed by atoms with Crippen LogP contribution in [0.25, 0.3) is 0 Å². The van der Waals surface area contributed by atoms with E-state index in [0.717, 1.165) is 0 Å². The molecule has 0 spiro atoms. The van der Waals surface area contributed by atoms with E-state index >= 15 is 0 Å². The first-order chi connectivity index (χ1) is 11.8. The van der Waals surface area contributed by atoms with Gasteiger partial charge in [-0.3, -0.25) is 9.78 Å².